The highest BCUT2D eigenvalue weighted by molar-refractivity contribution is 7.84. The number of amides is 1. The van der Waals surface area contributed by atoms with Crippen molar-refractivity contribution in [3.8, 4) is 0 Å². The molecule has 1 N–H and O–H groups in total. The first-order valence-corrected chi connectivity index (χ1v) is 9.41. The first kappa shape index (κ1) is 16.4. The molecule has 1 aromatic heterocycles. The Morgan fingerprint density at radius 1 is 1.17 bits per heavy atom. The van der Waals surface area contributed by atoms with Crippen LogP contribution in [0.15, 0.2) is 60.8 Å². The van der Waals surface area contributed by atoms with E-state index < -0.39 is 10.8 Å². The van der Waals surface area contributed by atoms with Gasteiger partial charge in [0, 0.05) is 28.2 Å². The molecule has 3 rings (SSSR count). The number of rotatable bonds is 6. The Labute approximate surface area is 143 Å². The van der Waals surface area contributed by atoms with Crippen LogP contribution in [0, 0.1) is 0 Å². The second-order valence-corrected chi connectivity index (χ2v) is 7.11. The summed E-state index contributed by atoms with van der Waals surface area (Å²) in [5, 5.41) is 8.25. The third kappa shape index (κ3) is 3.89. The van der Waals surface area contributed by atoms with Crippen LogP contribution in [0.2, 0.25) is 0 Å². The fourth-order valence-corrected chi connectivity index (χ4v) is 3.41. The zero-order valence-corrected chi connectivity index (χ0v) is 14.2. The summed E-state index contributed by atoms with van der Waals surface area (Å²) in [6, 6.07) is 17.1. The molecule has 0 bridgehead atoms. The Balaban J connectivity index is 1.75. The highest BCUT2D eigenvalue weighted by Gasteiger charge is 2.17. The van der Waals surface area contributed by atoms with Crippen molar-refractivity contribution in [1.82, 2.24) is 15.1 Å². The summed E-state index contributed by atoms with van der Waals surface area (Å²) >= 11 is 0. The molecule has 6 heteroatoms. The first-order valence-electron chi connectivity index (χ1n) is 7.68. The molecule has 0 saturated carbocycles. The van der Waals surface area contributed by atoms with E-state index in [1.165, 1.54) is 0 Å². The van der Waals surface area contributed by atoms with E-state index in [4.69, 9.17) is 0 Å². The van der Waals surface area contributed by atoms with E-state index in [0.717, 1.165) is 16.5 Å². The molecule has 2 aromatic carbocycles. The molecule has 3 aromatic rings. The standard InChI is InChI=1S/C18H19N3O2S/c1-24(23)13-16(14-7-3-2-4-8-14)20-18(22)12-21-17-10-6-5-9-15(17)11-19-21/h2-11,16H,12-13H2,1H3,(H,20,22)/t16-,24+/m1/s1. The minimum absolute atomic E-state index is 0.132. The molecule has 0 saturated heterocycles. The minimum atomic E-state index is -1.01. The molecular weight excluding hydrogens is 322 g/mol. The van der Waals surface area contributed by atoms with Gasteiger partial charge in [-0.15, -0.1) is 0 Å². The van der Waals surface area contributed by atoms with E-state index >= 15 is 0 Å². The predicted octanol–water partition coefficient (Wildman–Crippen LogP) is 2.27. The van der Waals surface area contributed by atoms with Crippen molar-refractivity contribution in [1.29, 1.82) is 0 Å². The van der Waals surface area contributed by atoms with Crippen LogP contribution in [0.25, 0.3) is 10.9 Å². The van der Waals surface area contributed by atoms with Gasteiger partial charge in [-0.25, -0.2) is 0 Å². The van der Waals surface area contributed by atoms with Crippen molar-refractivity contribution in [2.45, 2.75) is 12.6 Å². The smallest absolute Gasteiger partial charge is 0.242 e. The van der Waals surface area contributed by atoms with Crippen molar-refractivity contribution >= 4 is 27.6 Å². The molecule has 0 aliphatic carbocycles. The normalized spacial score (nSPS) is 13.5. The van der Waals surface area contributed by atoms with Gasteiger partial charge in [-0.1, -0.05) is 48.5 Å². The van der Waals surface area contributed by atoms with Gasteiger partial charge in [-0.3, -0.25) is 13.7 Å². The highest BCUT2D eigenvalue weighted by Crippen LogP contribution is 2.15. The van der Waals surface area contributed by atoms with Crippen molar-refractivity contribution in [2.75, 3.05) is 12.0 Å². The molecule has 1 heterocycles. The number of carbonyl (C=O) groups is 1. The van der Waals surface area contributed by atoms with Crippen LogP contribution in [-0.2, 0) is 22.1 Å². The van der Waals surface area contributed by atoms with Gasteiger partial charge >= 0.3 is 0 Å². The molecule has 0 radical (unpaired) electrons. The van der Waals surface area contributed by atoms with Crippen LogP contribution in [0.4, 0.5) is 0 Å². The Morgan fingerprint density at radius 3 is 2.62 bits per heavy atom. The van der Waals surface area contributed by atoms with Crippen LogP contribution in [0.5, 0.6) is 0 Å². The van der Waals surface area contributed by atoms with Crippen molar-refractivity contribution in [3.05, 3.63) is 66.4 Å². The highest BCUT2D eigenvalue weighted by atomic mass is 32.2. The maximum absolute atomic E-state index is 12.4. The van der Waals surface area contributed by atoms with Crippen LogP contribution in [0.3, 0.4) is 0 Å². The number of nitrogens with zero attached hydrogens (tertiary/aromatic N) is 2. The van der Waals surface area contributed by atoms with Crippen molar-refractivity contribution < 1.29 is 9.00 Å². The lowest BCUT2D eigenvalue weighted by molar-refractivity contribution is -0.122. The third-order valence-corrected chi connectivity index (χ3v) is 4.59. The molecule has 0 aliphatic heterocycles. The van der Waals surface area contributed by atoms with Gasteiger partial charge in [0.25, 0.3) is 0 Å². The van der Waals surface area contributed by atoms with Gasteiger partial charge in [0.2, 0.25) is 5.91 Å². The molecule has 0 unspecified atom stereocenters. The fraction of sp³-hybridized carbons (Fsp3) is 0.222. The zero-order chi connectivity index (χ0) is 16.9. The second-order valence-electron chi connectivity index (χ2n) is 5.63. The SMILES string of the molecule is C[S@](=O)C[C@@H](NC(=O)Cn1ncc2ccccc21)c1ccccc1. The average molecular weight is 341 g/mol. The summed E-state index contributed by atoms with van der Waals surface area (Å²) in [4.78, 5) is 12.4. The number of fused-ring (bicyclic) bond motifs is 1. The Kier molecular flexibility index (Phi) is 5.05. The molecule has 24 heavy (non-hydrogen) atoms. The molecule has 124 valence electrons. The number of hydrogen-bond acceptors (Lipinski definition) is 3. The molecular formula is C18H19N3O2S. The Bertz CT molecular complexity index is 861. The topological polar surface area (TPSA) is 64.0 Å². The van der Waals surface area contributed by atoms with Crippen LogP contribution in [0.1, 0.15) is 11.6 Å². The molecule has 0 fully saturated rings. The van der Waals surface area contributed by atoms with E-state index in [1.54, 1.807) is 17.1 Å². The number of benzene rings is 2. The minimum Gasteiger partial charge on any atom is -0.347 e. The summed E-state index contributed by atoms with van der Waals surface area (Å²) in [5.74, 6) is 0.235. The van der Waals surface area contributed by atoms with Crippen LogP contribution >= 0.6 is 0 Å². The van der Waals surface area contributed by atoms with Crippen molar-refractivity contribution in [2.24, 2.45) is 0 Å². The van der Waals surface area contributed by atoms with Crippen LogP contribution in [-0.4, -0.2) is 31.9 Å². The van der Waals surface area contributed by atoms with E-state index in [9.17, 15) is 9.00 Å². The van der Waals surface area contributed by atoms with Gasteiger partial charge in [-0.05, 0) is 11.6 Å². The largest absolute Gasteiger partial charge is 0.347 e. The van der Waals surface area contributed by atoms with Crippen molar-refractivity contribution in [3.63, 3.8) is 0 Å². The van der Waals surface area contributed by atoms with Gasteiger partial charge in [0.15, 0.2) is 0 Å². The van der Waals surface area contributed by atoms with E-state index in [0.29, 0.717) is 5.75 Å². The Hall–Kier alpha value is -2.47. The number of aromatic nitrogens is 2. The fourth-order valence-electron chi connectivity index (χ4n) is 2.67. The third-order valence-electron chi connectivity index (χ3n) is 3.78. The van der Waals surface area contributed by atoms with Gasteiger partial charge < -0.3 is 5.32 Å². The van der Waals surface area contributed by atoms with E-state index in [2.05, 4.69) is 10.4 Å². The average Bonchev–Trinajstić information content (AvgIpc) is 2.98. The summed E-state index contributed by atoms with van der Waals surface area (Å²) in [6.45, 7) is 0.132. The lowest BCUT2D eigenvalue weighted by Gasteiger charge is -2.18. The van der Waals surface area contributed by atoms with Gasteiger partial charge in [0.1, 0.15) is 6.54 Å². The molecule has 5 nitrogen and oxygen atoms in total. The first-order chi connectivity index (χ1) is 11.6. The van der Waals surface area contributed by atoms with Crippen LogP contribution < -0.4 is 5.32 Å². The molecule has 0 spiro atoms. The predicted molar refractivity (Wildman–Crippen MR) is 96.0 cm³/mol. The quantitative estimate of drug-likeness (QED) is 0.748. The lowest BCUT2D eigenvalue weighted by Crippen LogP contribution is -2.34. The second kappa shape index (κ2) is 7.40. The maximum Gasteiger partial charge on any atom is 0.242 e. The number of nitrogens with one attached hydrogen (secondary N) is 1. The number of para-hydroxylation sites is 1. The number of carbonyl (C=O) groups excluding carboxylic acids is 1. The van der Waals surface area contributed by atoms with Gasteiger partial charge in [0.05, 0.1) is 17.8 Å². The lowest BCUT2D eigenvalue weighted by atomic mass is 10.1. The molecule has 2 atom stereocenters. The summed E-state index contributed by atoms with van der Waals surface area (Å²) in [7, 11) is -1.01. The van der Waals surface area contributed by atoms with E-state index in [-0.39, 0.29) is 18.5 Å². The maximum atomic E-state index is 12.4. The molecule has 1 amide bonds. The monoisotopic (exact) mass is 341 g/mol. The summed E-state index contributed by atoms with van der Waals surface area (Å²) in [6.07, 6.45) is 3.39. The summed E-state index contributed by atoms with van der Waals surface area (Å²) in [5.41, 5.74) is 1.87. The molecule has 0 aliphatic rings. The zero-order valence-electron chi connectivity index (χ0n) is 13.4. The Morgan fingerprint density at radius 2 is 1.88 bits per heavy atom. The summed E-state index contributed by atoms with van der Waals surface area (Å²) < 4.78 is 13.3. The van der Waals surface area contributed by atoms with Gasteiger partial charge in [-0.2, -0.15) is 5.10 Å². The number of hydrogen-bond donors (Lipinski definition) is 1. The van der Waals surface area contributed by atoms with E-state index in [1.807, 2.05) is 54.6 Å².